The number of allylic oxidation sites excluding steroid dienone is 1. The molecular formula is C12H12ClNO2. The van der Waals surface area contributed by atoms with E-state index in [9.17, 15) is 9.59 Å². The van der Waals surface area contributed by atoms with Gasteiger partial charge in [-0.25, -0.2) is 0 Å². The smallest absolute Gasteiger partial charge is 0.249 e. The molecular weight excluding hydrogens is 226 g/mol. The quantitative estimate of drug-likeness (QED) is 0.649. The summed E-state index contributed by atoms with van der Waals surface area (Å²) < 4.78 is 0. The summed E-state index contributed by atoms with van der Waals surface area (Å²) in [6.07, 6.45) is 1.28. The number of hydrogen-bond acceptors (Lipinski definition) is 2. The van der Waals surface area contributed by atoms with Crippen molar-refractivity contribution in [3.8, 4) is 0 Å². The Morgan fingerprint density at radius 2 is 2.00 bits per heavy atom. The van der Waals surface area contributed by atoms with Crippen LogP contribution in [0, 0.1) is 0 Å². The van der Waals surface area contributed by atoms with Crippen LogP contribution in [0.3, 0.4) is 0 Å². The minimum Gasteiger partial charge on any atom is -0.322 e. The highest BCUT2D eigenvalue weighted by atomic mass is 35.5. The van der Waals surface area contributed by atoms with Gasteiger partial charge in [-0.3, -0.25) is 9.59 Å². The number of carbonyl (C=O) groups excluding carboxylic acids is 2. The maximum atomic E-state index is 11.3. The van der Waals surface area contributed by atoms with E-state index in [0.717, 1.165) is 0 Å². The molecule has 16 heavy (non-hydrogen) atoms. The van der Waals surface area contributed by atoms with E-state index >= 15 is 0 Å². The summed E-state index contributed by atoms with van der Waals surface area (Å²) in [5.74, 6) is -0.353. The summed E-state index contributed by atoms with van der Waals surface area (Å²) in [6.45, 7) is 3.09. The summed E-state index contributed by atoms with van der Waals surface area (Å²) in [5.41, 5.74) is 1.14. The van der Waals surface area contributed by atoms with Crippen molar-refractivity contribution in [2.75, 3.05) is 5.32 Å². The first kappa shape index (κ1) is 12.5. The Bertz CT molecular complexity index is 448. The first-order valence-electron chi connectivity index (χ1n) is 4.75. The van der Waals surface area contributed by atoms with Crippen LogP contribution in [-0.2, 0) is 4.79 Å². The number of anilines is 1. The number of amides is 1. The van der Waals surface area contributed by atoms with Gasteiger partial charge in [0.2, 0.25) is 5.91 Å². The third-order valence-electron chi connectivity index (χ3n) is 1.87. The van der Waals surface area contributed by atoms with Crippen molar-refractivity contribution >= 4 is 29.0 Å². The van der Waals surface area contributed by atoms with Crippen molar-refractivity contribution < 1.29 is 9.59 Å². The van der Waals surface area contributed by atoms with Crippen molar-refractivity contribution in [2.24, 2.45) is 0 Å². The topological polar surface area (TPSA) is 46.2 Å². The second-order valence-electron chi connectivity index (χ2n) is 3.36. The maximum absolute atomic E-state index is 11.3. The van der Waals surface area contributed by atoms with E-state index in [-0.39, 0.29) is 11.7 Å². The highest BCUT2D eigenvalue weighted by Gasteiger charge is 2.02. The third kappa shape index (κ3) is 3.87. The van der Waals surface area contributed by atoms with E-state index in [1.807, 2.05) is 0 Å². The molecule has 0 atom stereocenters. The summed E-state index contributed by atoms with van der Waals surface area (Å²) in [5, 5.41) is 3.02. The van der Waals surface area contributed by atoms with Crippen molar-refractivity contribution in [2.45, 2.75) is 13.8 Å². The van der Waals surface area contributed by atoms with Gasteiger partial charge in [-0.1, -0.05) is 23.7 Å². The Balaban J connectivity index is 2.82. The van der Waals surface area contributed by atoms with Gasteiger partial charge in [-0.15, -0.1) is 0 Å². The van der Waals surface area contributed by atoms with Crippen LogP contribution in [0.5, 0.6) is 0 Å². The Hall–Kier alpha value is -1.61. The standard InChI is InChI=1S/C12H12ClNO2/c1-8(13)6-12(16)14-11-5-3-4-10(7-11)9(2)15/h3-7H,1-2H3,(H,14,16)/b8-6-. The largest absolute Gasteiger partial charge is 0.322 e. The lowest BCUT2D eigenvalue weighted by Gasteiger charge is -2.03. The van der Waals surface area contributed by atoms with Gasteiger partial charge in [0, 0.05) is 22.4 Å². The monoisotopic (exact) mass is 237 g/mol. The zero-order valence-electron chi connectivity index (χ0n) is 9.08. The van der Waals surface area contributed by atoms with Crippen molar-refractivity contribution in [1.29, 1.82) is 0 Å². The summed E-state index contributed by atoms with van der Waals surface area (Å²) in [6, 6.07) is 6.74. The predicted octanol–water partition coefficient (Wildman–Crippen LogP) is 2.97. The molecule has 84 valence electrons. The number of ketones is 1. The van der Waals surface area contributed by atoms with Crippen LogP contribution < -0.4 is 5.32 Å². The molecule has 0 aliphatic rings. The number of nitrogens with one attached hydrogen (secondary N) is 1. The number of Topliss-reactive ketones (excluding diaryl/α,β-unsaturated/α-hetero) is 1. The van der Waals surface area contributed by atoms with Crippen LogP contribution in [-0.4, -0.2) is 11.7 Å². The molecule has 0 aromatic heterocycles. The molecule has 1 rings (SSSR count). The molecule has 0 bridgehead atoms. The first-order valence-corrected chi connectivity index (χ1v) is 5.12. The maximum Gasteiger partial charge on any atom is 0.249 e. The molecule has 0 heterocycles. The Kier molecular flexibility index (Phi) is 4.26. The van der Waals surface area contributed by atoms with Crippen LogP contribution in [0.1, 0.15) is 24.2 Å². The number of carbonyl (C=O) groups is 2. The van der Waals surface area contributed by atoms with Crippen LogP contribution in [0.25, 0.3) is 0 Å². The van der Waals surface area contributed by atoms with E-state index in [4.69, 9.17) is 11.6 Å². The zero-order valence-corrected chi connectivity index (χ0v) is 9.84. The fourth-order valence-electron chi connectivity index (χ4n) is 1.17. The van der Waals surface area contributed by atoms with Gasteiger partial charge in [0.25, 0.3) is 0 Å². The summed E-state index contributed by atoms with van der Waals surface area (Å²) >= 11 is 5.57. The fraction of sp³-hybridized carbons (Fsp3) is 0.167. The van der Waals surface area contributed by atoms with E-state index in [1.165, 1.54) is 13.0 Å². The highest BCUT2D eigenvalue weighted by molar-refractivity contribution is 6.31. The average Bonchev–Trinajstić information content (AvgIpc) is 2.16. The van der Waals surface area contributed by atoms with Gasteiger partial charge in [-0.05, 0) is 26.0 Å². The van der Waals surface area contributed by atoms with Gasteiger partial charge < -0.3 is 5.32 Å². The minimum absolute atomic E-state index is 0.0415. The summed E-state index contributed by atoms with van der Waals surface area (Å²) in [4.78, 5) is 22.5. The fourth-order valence-corrected chi connectivity index (χ4v) is 1.27. The van der Waals surface area contributed by atoms with Crippen LogP contribution in [0.4, 0.5) is 5.69 Å². The molecule has 3 nitrogen and oxygen atoms in total. The predicted molar refractivity (Wildman–Crippen MR) is 64.7 cm³/mol. The van der Waals surface area contributed by atoms with Gasteiger partial charge in [0.05, 0.1) is 0 Å². The van der Waals surface area contributed by atoms with Gasteiger partial charge >= 0.3 is 0 Å². The molecule has 1 aromatic rings. The lowest BCUT2D eigenvalue weighted by Crippen LogP contribution is -2.08. The number of benzene rings is 1. The minimum atomic E-state index is -0.312. The van der Waals surface area contributed by atoms with Crippen LogP contribution in [0.15, 0.2) is 35.4 Å². The second-order valence-corrected chi connectivity index (χ2v) is 3.95. The number of rotatable bonds is 3. The SMILES string of the molecule is CC(=O)c1cccc(NC(=O)/C=C(/C)Cl)c1. The van der Waals surface area contributed by atoms with E-state index in [2.05, 4.69) is 5.32 Å². The highest BCUT2D eigenvalue weighted by Crippen LogP contribution is 2.11. The molecule has 1 N–H and O–H groups in total. The third-order valence-corrected chi connectivity index (χ3v) is 1.98. The molecule has 1 aromatic carbocycles. The lowest BCUT2D eigenvalue weighted by molar-refractivity contribution is -0.111. The molecule has 0 spiro atoms. The van der Waals surface area contributed by atoms with Crippen LogP contribution in [0.2, 0.25) is 0 Å². The van der Waals surface area contributed by atoms with Crippen molar-refractivity contribution in [3.05, 3.63) is 40.9 Å². The van der Waals surface area contributed by atoms with Crippen LogP contribution >= 0.6 is 11.6 Å². The molecule has 0 saturated carbocycles. The molecule has 0 radical (unpaired) electrons. The van der Waals surface area contributed by atoms with Gasteiger partial charge in [-0.2, -0.15) is 0 Å². The number of halogens is 1. The molecule has 0 fully saturated rings. The molecule has 4 heteroatoms. The Morgan fingerprint density at radius 3 is 2.56 bits per heavy atom. The molecule has 0 unspecified atom stereocenters. The van der Waals surface area contributed by atoms with E-state index in [1.54, 1.807) is 31.2 Å². The normalized spacial score (nSPS) is 11.1. The Morgan fingerprint density at radius 1 is 1.31 bits per heavy atom. The van der Waals surface area contributed by atoms with Crippen molar-refractivity contribution in [1.82, 2.24) is 0 Å². The average molecular weight is 238 g/mol. The van der Waals surface area contributed by atoms with E-state index < -0.39 is 0 Å². The zero-order chi connectivity index (χ0) is 12.1. The Labute approximate surface area is 99.1 Å². The molecule has 0 aliphatic carbocycles. The second kappa shape index (κ2) is 5.47. The molecule has 1 amide bonds. The van der Waals surface area contributed by atoms with Crippen molar-refractivity contribution in [3.63, 3.8) is 0 Å². The van der Waals surface area contributed by atoms with Gasteiger partial charge in [0.1, 0.15) is 0 Å². The molecule has 0 aliphatic heterocycles. The van der Waals surface area contributed by atoms with E-state index in [0.29, 0.717) is 16.3 Å². The molecule has 0 saturated heterocycles. The summed E-state index contributed by atoms with van der Waals surface area (Å²) in [7, 11) is 0. The first-order chi connectivity index (χ1) is 7.49. The number of hydrogen-bond donors (Lipinski definition) is 1. The lowest BCUT2D eigenvalue weighted by atomic mass is 10.1. The van der Waals surface area contributed by atoms with Gasteiger partial charge in [0.15, 0.2) is 5.78 Å².